The van der Waals surface area contributed by atoms with E-state index >= 15 is 0 Å². The van der Waals surface area contributed by atoms with Gasteiger partial charge in [0.25, 0.3) is 0 Å². The maximum absolute atomic E-state index is 14.9. The zero-order valence-corrected chi connectivity index (χ0v) is 19.3. The van der Waals surface area contributed by atoms with Crippen molar-refractivity contribution in [3.8, 4) is 11.3 Å². The SMILES string of the molecule is OC(CC1c2c(F)cccc2-c2cncn21)C12CC3CC(C1)C(OCc1ccccc1)C(C3)C2. The minimum absolute atomic E-state index is 0.0716. The van der Waals surface area contributed by atoms with E-state index in [1.165, 1.54) is 24.5 Å². The Kier molecular flexibility index (Phi) is 4.75. The van der Waals surface area contributed by atoms with E-state index in [1.54, 1.807) is 12.4 Å². The molecular weight excluding hydrogens is 427 g/mol. The molecule has 4 atom stereocenters. The molecule has 0 amide bonds. The molecule has 8 rings (SSSR count). The Bertz CT molecular complexity index is 1190. The Morgan fingerprint density at radius 1 is 1.06 bits per heavy atom. The highest BCUT2D eigenvalue weighted by Crippen LogP contribution is 2.63. The first-order valence-electron chi connectivity index (χ1n) is 12.8. The van der Waals surface area contributed by atoms with Gasteiger partial charge in [0.05, 0.1) is 43.1 Å². The third-order valence-electron chi connectivity index (χ3n) is 9.34. The summed E-state index contributed by atoms with van der Waals surface area (Å²) in [7, 11) is 0. The average Bonchev–Trinajstić information content (AvgIpc) is 3.42. The topological polar surface area (TPSA) is 47.3 Å². The summed E-state index contributed by atoms with van der Waals surface area (Å²) >= 11 is 0. The number of aliphatic hydroxyl groups is 1. The van der Waals surface area contributed by atoms with E-state index in [-0.39, 0.29) is 17.3 Å². The quantitative estimate of drug-likeness (QED) is 0.511. The molecule has 0 radical (unpaired) electrons. The van der Waals surface area contributed by atoms with E-state index in [2.05, 4.69) is 33.8 Å². The molecule has 1 aliphatic heterocycles. The van der Waals surface area contributed by atoms with Crippen LogP contribution in [-0.2, 0) is 11.3 Å². The number of ether oxygens (including phenoxy) is 1. The summed E-state index contributed by atoms with van der Waals surface area (Å²) in [6, 6.07) is 15.5. The molecule has 34 heavy (non-hydrogen) atoms. The van der Waals surface area contributed by atoms with Crippen molar-refractivity contribution in [2.45, 2.75) is 63.4 Å². The maximum Gasteiger partial charge on any atom is 0.129 e. The Hall–Kier alpha value is -2.50. The second-order valence-corrected chi connectivity index (χ2v) is 11.2. The summed E-state index contributed by atoms with van der Waals surface area (Å²) in [5, 5.41) is 11.8. The number of halogens is 1. The molecule has 2 heterocycles. The molecule has 5 aliphatic rings. The van der Waals surface area contributed by atoms with E-state index in [9.17, 15) is 9.50 Å². The van der Waals surface area contributed by atoms with Gasteiger partial charge in [0.1, 0.15) is 5.82 Å². The maximum atomic E-state index is 14.9. The van der Waals surface area contributed by atoms with Crippen LogP contribution in [0.4, 0.5) is 4.39 Å². The number of nitrogens with zero attached hydrogens (tertiary/aromatic N) is 2. The molecule has 1 N–H and O–H groups in total. The second kappa shape index (κ2) is 7.76. The Morgan fingerprint density at radius 2 is 1.85 bits per heavy atom. The fourth-order valence-electron chi connectivity index (χ4n) is 8.18. The first-order chi connectivity index (χ1) is 16.6. The molecule has 4 aliphatic carbocycles. The van der Waals surface area contributed by atoms with E-state index in [0.717, 1.165) is 30.5 Å². The van der Waals surface area contributed by atoms with Gasteiger partial charge in [-0.25, -0.2) is 9.37 Å². The van der Waals surface area contributed by atoms with Gasteiger partial charge in [-0.3, -0.25) is 0 Å². The van der Waals surface area contributed by atoms with Crippen LogP contribution >= 0.6 is 0 Å². The van der Waals surface area contributed by atoms with Crippen LogP contribution in [0.1, 0.15) is 55.7 Å². The van der Waals surface area contributed by atoms with Crippen LogP contribution in [0.15, 0.2) is 61.1 Å². The molecule has 1 aromatic heterocycles. The van der Waals surface area contributed by atoms with Gasteiger partial charge >= 0.3 is 0 Å². The third-order valence-corrected chi connectivity index (χ3v) is 9.34. The van der Waals surface area contributed by atoms with Crippen molar-refractivity contribution in [1.29, 1.82) is 0 Å². The Morgan fingerprint density at radius 3 is 2.65 bits per heavy atom. The zero-order valence-electron chi connectivity index (χ0n) is 19.3. The van der Waals surface area contributed by atoms with Crippen molar-refractivity contribution >= 4 is 0 Å². The van der Waals surface area contributed by atoms with Gasteiger partial charge in [0.15, 0.2) is 0 Å². The van der Waals surface area contributed by atoms with Crippen molar-refractivity contribution in [2.24, 2.45) is 23.2 Å². The minimum Gasteiger partial charge on any atom is -0.392 e. The summed E-state index contributed by atoms with van der Waals surface area (Å²) in [5.74, 6) is 1.53. The molecule has 5 heteroatoms. The lowest BCUT2D eigenvalue weighted by atomic mass is 9.46. The summed E-state index contributed by atoms with van der Waals surface area (Å²) < 4.78 is 23.5. The Labute approximate surface area is 199 Å². The van der Waals surface area contributed by atoms with Gasteiger partial charge < -0.3 is 14.4 Å². The standard InChI is InChI=1S/C29H31FN2O2/c30-23-8-4-7-22-25-15-31-17-32(25)24(27(22)23)11-26(33)29-12-19-9-20(13-29)28(21(10-19)14-29)34-16-18-5-2-1-3-6-18/h1-8,15,17,19-21,24,26,28,33H,9-14,16H2. The van der Waals surface area contributed by atoms with Crippen LogP contribution in [0.5, 0.6) is 0 Å². The minimum atomic E-state index is -0.457. The lowest BCUT2D eigenvalue weighted by molar-refractivity contribution is -0.192. The predicted octanol–water partition coefficient (Wildman–Crippen LogP) is 5.75. The fraction of sp³-hybridized carbons (Fsp3) is 0.483. The van der Waals surface area contributed by atoms with Crippen molar-refractivity contribution in [2.75, 3.05) is 0 Å². The van der Waals surface area contributed by atoms with E-state index in [4.69, 9.17) is 4.74 Å². The van der Waals surface area contributed by atoms with Crippen LogP contribution in [0.2, 0.25) is 0 Å². The summed E-state index contributed by atoms with van der Waals surface area (Å²) in [4.78, 5) is 4.32. The second-order valence-electron chi connectivity index (χ2n) is 11.2. The molecule has 176 valence electrons. The summed E-state index contributed by atoms with van der Waals surface area (Å²) in [6.07, 6.45) is 9.56. The molecule has 3 aromatic rings. The van der Waals surface area contributed by atoms with Gasteiger partial charge in [-0.1, -0.05) is 42.5 Å². The third kappa shape index (κ3) is 3.13. The monoisotopic (exact) mass is 458 g/mol. The largest absolute Gasteiger partial charge is 0.392 e. The van der Waals surface area contributed by atoms with Gasteiger partial charge in [-0.15, -0.1) is 0 Å². The van der Waals surface area contributed by atoms with E-state index in [0.29, 0.717) is 42.4 Å². The highest BCUT2D eigenvalue weighted by atomic mass is 19.1. The fourth-order valence-corrected chi connectivity index (χ4v) is 8.18. The van der Waals surface area contributed by atoms with Gasteiger partial charge in [-0.2, -0.15) is 0 Å². The number of benzene rings is 2. The van der Waals surface area contributed by atoms with Gasteiger partial charge in [0, 0.05) is 11.1 Å². The number of imidazole rings is 1. The van der Waals surface area contributed by atoms with Gasteiger partial charge in [0.2, 0.25) is 0 Å². The average molecular weight is 459 g/mol. The number of fused-ring (bicyclic) bond motifs is 3. The smallest absolute Gasteiger partial charge is 0.129 e. The highest BCUT2D eigenvalue weighted by molar-refractivity contribution is 5.69. The highest BCUT2D eigenvalue weighted by Gasteiger charge is 2.58. The molecule has 4 unspecified atom stereocenters. The van der Waals surface area contributed by atoms with Crippen molar-refractivity contribution in [1.82, 2.24) is 9.55 Å². The van der Waals surface area contributed by atoms with E-state index in [1.807, 2.05) is 18.3 Å². The molecule has 4 fully saturated rings. The van der Waals surface area contributed by atoms with E-state index < -0.39 is 6.10 Å². The molecule has 0 spiro atoms. The number of hydrogen-bond acceptors (Lipinski definition) is 3. The van der Waals surface area contributed by atoms with Crippen molar-refractivity contribution in [3.05, 3.63) is 78.0 Å². The van der Waals surface area contributed by atoms with Crippen LogP contribution in [0, 0.1) is 29.0 Å². The number of hydrogen-bond donors (Lipinski definition) is 1. The van der Waals surface area contributed by atoms with Gasteiger partial charge in [-0.05, 0) is 73.3 Å². The number of aromatic nitrogens is 2. The molecule has 4 saturated carbocycles. The number of rotatable bonds is 6. The molecule has 4 nitrogen and oxygen atoms in total. The van der Waals surface area contributed by atoms with Crippen LogP contribution in [0.25, 0.3) is 11.3 Å². The normalized spacial score (nSPS) is 33.6. The van der Waals surface area contributed by atoms with Crippen molar-refractivity contribution in [3.63, 3.8) is 0 Å². The molecule has 4 bridgehead atoms. The Balaban J connectivity index is 1.12. The lowest BCUT2D eigenvalue weighted by Gasteiger charge is -2.61. The first kappa shape index (κ1) is 20.8. The van der Waals surface area contributed by atoms with Crippen LogP contribution < -0.4 is 0 Å². The van der Waals surface area contributed by atoms with Crippen molar-refractivity contribution < 1.29 is 14.2 Å². The number of aliphatic hydroxyl groups excluding tert-OH is 1. The summed E-state index contributed by atoms with van der Waals surface area (Å²) in [6.45, 7) is 0.667. The zero-order chi connectivity index (χ0) is 22.9. The van der Waals surface area contributed by atoms with Crippen LogP contribution in [-0.4, -0.2) is 26.9 Å². The predicted molar refractivity (Wildman–Crippen MR) is 127 cm³/mol. The molecular formula is C29H31FN2O2. The molecule has 0 saturated heterocycles. The summed E-state index contributed by atoms with van der Waals surface area (Å²) in [5.41, 5.74) is 3.73. The lowest BCUT2D eigenvalue weighted by Crippen LogP contribution is -2.58. The van der Waals surface area contributed by atoms with Crippen LogP contribution in [0.3, 0.4) is 0 Å². The molecule has 2 aromatic carbocycles. The first-order valence-corrected chi connectivity index (χ1v) is 12.8.